The summed E-state index contributed by atoms with van der Waals surface area (Å²) in [6, 6.07) is 7.95. The van der Waals surface area contributed by atoms with Gasteiger partial charge in [-0.3, -0.25) is 4.79 Å². The van der Waals surface area contributed by atoms with Gasteiger partial charge in [0.1, 0.15) is 16.5 Å². The van der Waals surface area contributed by atoms with Crippen LogP contribution in [0.4, 0.5) is 5.69 Å². The lowest BCUT2D eigenvalue weighted by Gasteiger charge is -2.46. The number of carbonyl (C=O) groups excluding carboxylic acids is 1. The molecule has 2 nitrogen and oxygen atoms in total. The van der Waals surface area contributed by atoms with Crippen molar-refractivity contribution in [3.63, 3.8) is 0 Å². The molecular weight excluding hydrogens is 242 g/mol. The molecule has 0 amide bonds. The van der Waals surface area contributed by atoms with Crippen molar-refractivity contribution in [3.8, 4) is 0 Å². The van der Waals surface area contributed by atoms with Crippen molar-refractivity contribution in [1.82, 2.24) is 0 Å². The molecular formula is C13H23NOSi2. The average molecular weight is 266 g/mol. The Morgan fingerprint density at radius 2 is 1.41 bits per heavy atom. The minimum absolute atomic E-state index is 0.817. The van der Waals surface area contributed by atoms with Crippen LogP contribution in [0.1, 0.15) is 10.4 Å². The number of hydrogen-bond acceptors (Lipinski definition) is 2. The Balaban J connectivity index is 3.38. The fourth-order valence-electron chi connectivity index (χ4n) is 2.52. The molecule has 4 heteroatoms. The lowest BCUT2D eigenvalue weighted by molar-refractivity contribution is 0.112. The van der Waals surface area contributed by atoms with Crippen LogP contribution in [-0.2, 0) is 0 Å². The smallest absolute Gasteiger partial charge is 0.152 e. The van der Waals surface area contributed by atoms with Crippen molar-refractivity contribution < 1.29 is 4.79 Å². The van der Waals surface area contributed by atoms with Gasteiger partial charge < -0.3 is 4.23 Å². The molecule has 1 aromatic rings. The van der Waals surface area contributed by atoms with Gasteiger partial charge in [-0.05, 0) is 12.1 Å². The molecule has 1 aromatic carbocycles. The predicted octanol–water partition coefficient (Wildman–Crippen LogP) is 3.98. The molecule has 0 saturated heterocycles. The van der Waals surface area contributed by atoms with Crippen LogP contribution in [0.25, 0.3) is 0 Å². The first-order valence-electron chi connectivity index (χ1n) is 6.02. The summed E-state index contributed by atoms with van der Waals surface area (Å²) in [5.74, 6) is 0. The Morgan fingerprint density at radius 1 is 0.941 bits per heavy atom. The van der Waals surface area contributed by atoms with Crippen molar-refractivity contribution >= 4 is 28.4 Å². The molecule has 0 radical (unpaired) electrons. The van der Waals surface area contributed by atoms with Crippen molar-refractivity contribution in [2.45, 2.75) is 39.3 Å². The number of aldehydes is 1. The molecule has 0 aliphatic carbocycles. The van der Waals surface area contributed by atoms with Gasteiger partial charge in [0.2, 0.25) is 0 Å². The van der Waals surface area contributed by atoms with Crippen LogP contribution in [0.15, 0.2) is 24.3 Å². The molecule has 0 fully saturated rings. The quantitative estimate of drug-likeness (QED) is 0.606. The normalized spacial score (nSPS) is 12.4. The molecule has 1 rings (SSSR count). The molecule has 0 unspecified atom stereocenters. The van der Waals surface area contributed by atoms with E-state index in [4.69, 9.17) is 0 Å². The van der Waals surface area contributed by atoms with E-state index >= 15 is 0 Å². The Kier molecular flexibility index (Phi) is 3.99. The van der Waals surface area contributed by atoms with Gasteiger partial charge >= 0.3 is 0 Å². The third-order valence-corrected chi connectivity index (χ3v) is 9.84. The molecule has 0 spiro atoms. The highest BCUT2D eigenvalue weighted by molar-refractivity contribution is 6.99. The first kappa shape index (κ1) is 14.2. The SMILES string of the molecule is C[Si](C)(C)N(c1ccccc1C=O)[Si](C)(C)C. The summed E-state index contributed by atoms with van der Waals surface area (Å²) in [4.78, 5) is 11.2. The minimum Gasteiger partial charge on any atom is -0.424 e. The zero-order chi connectivity index (χ0) is 13.3. The van der Waals surface area contributed by atoms with Crippen molar-refractivity contribution in [2.24, 2.45) is 0 Å². The zero-order valence-electron chi connectivity index (χ0n) is 11.7. The molecule has 0 atom stereocenters. The monoisotopic (exact) mass is 265 g/mol. The minimum atomic E-state index is -1.47. The zero-order valence-corrected chi connectivity index (χ0v) is 13.7. The molecule has 94 valence electrons. The number of rotatable bonds is 4. The van der Waals surface area contributed by atoms with E-state index < -0.39 is 16.5 Å². The first-order chi connectivity index (χ1) is 7.68. The molecule has 0 aromatic heterocycles. The van der Waals surface area contributed by atoms with Gasteiger partial charge in [0.25, 0.3) is 0 Å². The summed E-state index contributed by atoms with van der Waals surface area (Å²) in [5.41, 5.74) is 1.94. The van der Waals surface area contributed by atoms with Gasteiger partial charge in [0.05, 0.1) is 0 Å². The maximum Gasteiger partial charge on any atom is 0.152 e. The summed E-state index contributed by atoms with van der Waals surface area (Å²) in [6.07, 6.45) is 0.975. The van der Waals surface area contributed by atoms with Crippen LogP contribution in [0, 0.1) is 0 Å². The Labute approximate surface area is 107 Å². The molecule has 0 N–H and O–H groups in total. The second-order valence-corrected chi connectivity index (χ2v) is 16.4. The highest BCUT2D eigenvalue weighted by Crippen LogP contribution is 2.30. The van der Waals surface area contributed by atoms with E-state index in [2.05, 4.69) is 49.6 Å². The fraction of sp³-hybridized carbons (Fsp3) is 0.462. The second-order valence-electron chi connectivity index (χ2n) is 6.35. The lowest BCUT2D eigenvalue weighted by atomic mass is 10.2. The summed E-state index contributed by atoms with van der Waals surface area (Å²) in [5, 5.41) is 0. The summed E-state index contributed by atoms with van der Waals surface area (Å²) < 4.78 is 2.57. The van der Waals surface area contributed by atoms with Crippen LogP contribution < -0.4 is 4.23 Å². The van der Waals surface area contributed by atoms with E-state index in [0.717, 1.165) is 17.5 Å². The van der Waals surface area contributed by atoms with E-state index in [-0.39, 0.29) is 0 Å². The number of carbonyl (C=O) groups is 1. The van der Waals surface area contributed by atoms with Gasteiger partial charge in [0.15, 0.2) is 6.29 Å². The highest BCUT2D eigenvalue weighted by Gasteiger charge is 2.35. The van der Waals surface area contributed by atoms with Crippen molar-refractivity contribution in [2.75, 3.05) is 4.23 Å². The standard InChI is InChI=1S/C13H23NOSi2/c1-16(2,3)14(17(4,5)6)13-10-8-7-9-12(13)11-15/h7-11H,1-6H3. The van der Waals surface area contributed by atoms with Crippen LogP contribution in [0.3, 0.4) is 0 Å². The highest BCUT2D eigenvalue weighted by atomic mass is 28.4. The summed E-state index contributed by atoms with van der Waals surface area (Å²) in [7, 11) is -2.95. The van der Waals surface area contributed by atoms with Gasteiger partial charge in [-0.25, -0.2) is 0 Å². The maximum atomic E-state index is 11.2. The molecule has 0 aliphatic heterocycles. The third kappa shape index (κ3) is 3.29. The summed E-state index contributed by atoms with van der Waals surface area (Å²) >= 11 is 0. The fourth-order valence-corrected chi connectivity index (χ4v) is 12.4. The summed E-state index contributed by atoms with van der Waals surface area (Å²) in [6.45, 7) is 14.0. The van der Waals surface area contributed by atoms with Crippen LogP contribution in [0.5, 0.6) is 0 Å². The third-order valence-electron chi connectivity index (χ3n) is 2.65. The molecule has 0 heterocycles. The van der Waals surface area contributed by atoms with Crippen molar-refractivity contribution in [3.05, 3.63) is 29.8 Å². The average Bonchev–Trinajstić information content (AvgIpc) is 2.14. The molecule has 17 heavy (non-hydrogen) atoms. The van der Waals surface area contributed by atoms with Gasteiger partial charge in [-0.15, -0.1) is 0 Å². The number of benzene rings is 1. The van der Waals surface area contributed by atoms with E-state index in [1.165, 1.54) is 0 Å². The maximum absolute atomic E-state index is 11.2. The molecule has 0 saturated carbocycles. The predicted molar refractivity (Wildman–Crippen MR) is 81.0 cm³/mol. The Bertz CT molecular complexity index is 391. The van der Waals surface area contributed by atoms with Crippen LogP contribution in [-0.4, -0.2) is 22.8 Å². The number of para-hydroxylation sites is 1. The van der Waals surface area contributed by atoms with E-state index in [9.17, 15) is 4.79 Å². The Morgan fingerprint density at radius 3 is 1.82 bits per heavy atom. The molecule has 0 bridgehead atoms. The van der Waals surface area contributed by atoms with Crippen molar-refractivity contribution in [1.29, 1.82) is 0 Å². The lowest BCUT2D eigenvalue weighted by Crippen LogP contribution is -2.59. The largest absolute Gasteiger partial charge is 0.424 e. The molecule has 0 aliphatic rings. The topological polar surface area (TPSA) is 20.3 Å². The van der Waals surface area contributed by atoms with Crippen LogP contribution >= 0.6 is 0 Å². The number of anilines is 1. The van der Waals surface area contributed by atoms with E-state index in [0.29, 0.717) is 0 Å². The van der Waals surface area contributed by atoms with E-state index in [1.807, 2.05) is 18.2 Å². The second kappa shape index (κ2) is 4.78. The Hall–Kier alpha value is -0.876. The van der Waals surface area contributed by atoms with Gasteiger partial charge in [0, 0.05) is 11.3 Å². The van der Waals surface area contributed by atoms with E-state index in [1.54, 1.807) is 0 Å². The van der Waals surface area contributed by atoms with Gasteiger partial charge in [-0.2, -0.15) is 0 Å². The van der Waals surface area contributed by atoms with Crippen LogP contribution in [0.2, 0.25) is 39.3 Å². The first-order valence-corrected chi connectivity index (χ1v) is 12.9. The number of nitrogens with zero attached hydrogens (tertiary/aromatic N) is 1. The van der Waals surface area contributed by atoms with Gasteiger partial charge in [-0.1, -0.05) is 51.4 Å². The number of hydrogen-bond donors (Lipinski definition) is 0.